The van der Waals surface area contributed by atoms with Gasteiger partial charge in [0, 0.05) is 12.1 Å². The van der Waals surface area contributed by atoms with Crippen LogP contribution < -0.4 is 4.98 Å². The van der Waals surface area contributed by atoms with Crippen molar-refractivity contribution >= 4 is 10.1 Å². The van der Waals surface area contributed by atoms with Crippen LogP contribution in [0.5, 0.6) is 0 Å². The van der Waals surface area contributed by atoms with Gasteiger partial charge in [0.1, 0.15) is 0 Å². The molecule has 0 aliphatic rings. The van der Waals surface area contributed by atoms with Gasteiger partial charge < -0.3 is 4.55 Å². The number of hydrogen-bond donors (Lipinski definition) is 0. The number of hydrogen-bond acceptors (Lipinski definition) is 3. The summed E-state index contributed by atoms with van der Waals surface area (Å²) in [7, 11) is -7.42. The molecule has 1 N–H and O–H groups in total. The number of rotatable bonds is 10. The van der Waals surface area contributed by atoms with E-state index in [1.165, 1.54) is 50.5 Å². The molecule has 0 aliphatic heterocycles. The summed E-state index contributed by atoms with van der Waals surface area (Å²) >= 11 is 0. The number of unbranched alkanes of at least 4 members (excludes halogenated alkanes) is 5. The van der Waals surface area contributed by atoms with E-state index in [1.54, 1.807) is 0 Å². The highest BCUT2D eigenvalue weighted by Crippen LogP contribution is 2.54. The predicted molar refractivity (Wildman–Crippen MR) is 90.7 cm³/mol. The molecule has 0 unspecified atom stereocenters. The molecule has 0 fully saturated rings. The van der Waals surface area contributed by atoms with Crippen molar-refractivity contribution in [2.75, 3.05) is 0 Å². The maximum atomic E-state index is 12.2. The molecule has 14 heteroatoms. The summed E-state index contributed by atoms with van der Waals surface area (Å²) in [5.41, 5.74) is 1.46. The molecular weight excluding hydrogens is 469 g/mol. The van der Waals surface area contributed by atoms with Gasteiger partial charge in [-0.3, -0.25) is 0 Å². The Balaban J connectivity index is 0.000000590. The van der Waals surface area contributed by atoms with Crippen LogP contribution in [0.4, 0.5) is 39.5 Å². The van der Waals surface area contributed by atoms with Crippen molar-refractivity contribution in [3.05, 3.63) is 30.1 Å². The van der Waals surface area contributed by atoms with Gasteiger partial charge >= 0.3 is 23.3 Å². The van der Waals surface area contributed by atoms with E-state index in [0.717, 1.165) is 0 Å². The summed E-state index contributed by atoms with van der Waals surface area (Å²) in [5.74, 6) is -14.8. The van der Waals surface area contributed by atoms with Crippen LogP contribution >= 0.6 is 0 Å². The maximum Gasteiger partial charge on any atom is 0.460 e. The van der Waals surface area contributed by atoms with Crippen LogP contribution in [-0.2, 0) is 16.5 Å². The van der Waals surface area contributed by atoms with Crippen molar-refractivity contribution in [1.29, 1.82) is 0 Å². The van der Waals surface area contributed by atoms with E-state index in [1.807, 2.05) is 12.4 Å². The van der Waals surface area contributed by atoms with Gasteiger partial charge in [-0.2, -0.15) is 39.5 Å². The monoisotopic (exact) mass is 491 g/mol. The second-order valence-corrected chi connectivity index (χ2v) is 7.96. The summed E-state index contributed by atoms with van der Waals surface area (Å²) in [6.45, 7) is 2.26. The fraction of sp³-hybridized carbons (Fsp3) is 0.706. The molecule has 0 aliphatic carbocycles. The fourth-order valence-electron chi connectivity index (χ4n) is 2.22. The lowest BCUT2D eigenvalue weighted by Gasteiger charge is -2.34. The summed E-state index contributed by atoms with van der Waals surface area (Å²) < 4.78 is 135. The zero-order valence-corrected chi connectivity index (χ0v) is 17.1. The molecular formula is C17H22F9NO3S. The van der Waals surface area contributed by atoms with Crippen LogP contribution in [0.2, 0.25) is 0 Å². The highest BCUT2D eigenvalue weighted by molar-refractivity contribution is 7.86. The Bertz CT molecular complexity index is 754. The number of nitrogens with one attached hydrogen (secondary N) is 1. The van der Waals surface area contributed by atoms with E-state index in [2.05, 4.69) is 24.0 Å². The number of aromatic nitrogens is 1. The normalized spacial score (nSPS) is 13.5. The molecule has 0 amide bonds. The van der Waals surface area contributed by atoms with E-state index in [0.29, 0.717) is 0 Å². The molecule has 0 spiro atoms. The van der Waals surface area contributed by atoms with Gasteiger partial charge in [-0.05, 0) is 18.4 Å². The van der Waals surface area contributed by atoms with E-state index in [4.69, 9.17) is 0 Å². The lowest BCUT2D eigenvalue weighted by Crippen LogP contribution is -2.63. The minimum Gasteiger partial charge on any atom is -0.743 e. The molecule has 0 aromatic carbocycles. The van der Waals surface area contributed by atoms with Crippen molar-refractivity contribution in [1.82, 2.24) is 0 Å². The Hall–Kier alpha value is -1.57. The van der Waals surface area contributed by atoms with Gasteiger partial charge in [-0.1, -0.05) is 39.0 Å². The van der Waals surface area contributed by atoms with Crippen LogP contribution in [-0.4, -0.2) is 36.2 Å². The molecule has 0 bridgehead atoms. The SMILES string of the molecule is CCCCCCCCc1cc[nH+]cc1.O=S(=O)([O-])C(F)(F)C(F)(F)C(F)(F)C(F)(F)F. The fourth-order valence-corrected chi connectivity index (χ4v) is 2.66. The van der Waals surface area contributed by atoms with Crippen LogP contribution in [0.25, 0.3) is 0 Å². The number of pyridine rings is 1. The van der Waals surface area contributed by atoms with Crippen molar-refractivity contribution in [2.45, 2.75) is 75.1 Å². The highest BCUT2D eigenvalue weighted by Gasteiger charge is 2.83. The summed E-state index contributed by atoms with van der Waals surface area (Å²) in [6, 6.07) is 4.35. The predicted octanol–water partition coefficient (Wildman–Crippen LogP) is 5.36. The number of alkyl halides is 9. The largest absolute Gasteiger partial charge is 0.743 e. The molecule has 1 heterocycles. The molecule has 1 aromatic rings. The Labute approximate surface area is 173 Å². The van der Waals surface area contributed by atoms with Gasteiger partial charge in [0.05, 0.1) is 0 Å². The first-order valence-electron chi connectivity index (χ1n) is 9.04. The Morgan fingerprint density at radius 3 is 1.68 bits per heavy atom. The van der Waals surface area contributed by atoms with E-state index in [9.17, 15) is 52.5 Å². The average Bonchev–Trinajstić information content (AvgIpc) is 2.64. The quantitative estimate of drug-likeness (QED) is 0.251. The zero-order chi connectivity index (χ0) is 24.6. The van der Waals surface area contributed by atoms with Gasteiger partial charge in [-0.15, -0.1) is 0 Å². The van der Waals surface area contributed by atoms with E-state index < -0.39 is 33.4 Å². The molecule has 1 rings (SSSR count). The number of H-pyrrole nitrogens is 1. The molecule has 182 valence electrons. The average molecular weight is 491 g/mol. The zero-order valence-electron chi connectivity index (χ0n) is 16.3. The summed E-state index contributed by atoms with van der Waals surface area (Å²) in [4.78, 5) is 3.05. The molecule has 0 saturated heterocycles. The third kappa shape index (κ3) is 7.81. The van der Waals surface area contributed by atoms with E-state index >= 15 is 0 Å². The molecule has 0 saturated carbocycles. The Morgan fingerprint density at radius 2 is 1.26 bits per heavy atom. The Kier molecular flexibility index (Phi) is 10.8. The summed E-state index contributed by atoms with van der Waals surface area (Å²) in [5, 5.41) is -7.11. The number of aryl methyl sites for hydroxylation is 1. The van der Waals surface area contributed by atoms with Crippen molar-refractivity contribution in [2.24, 2.45) is 0 Å². The van der Waals surface area contributed by atoms with Gasteiger partial charge in [0.25, 0.3) is 0 Å². The standard InChI is InChI=1S/C13H21N.C4HF9O3S/c1-2-3-4-5-6-7-8-13-9-11-14-12-10-13;5-1(6,3(9,10)11)2(7,8)4(12,13)17(14,15)16/h9-12H,2-8H2,1H3;(H,14,15,16). The molecule has 0 atom stereocenters. The smallest absolute Gasteiger partial charge is 0.460 e. The van der Waals surface area contributed by atoms with Gasteiger partial charge in [0.2, 0.25) is 0 Å². The van der Waals surface area contributed by atoms with Crippen molar-refractivity contribution in [3.63, 3.8) is 0 Å². The highest BCUT2D eigenvalue weighted by atomic mass is 32.2. The summed E-state index contributed by atoms with van der Waals surface area (Å²) in [6.07, 6.45) is 6.39. The van der Waals surface area contributed by atoms with Crippen molar-refractivity contribution in [3.8, 4) is 0 Å². The first-order chi connectivity index (χ1) is 13.9. The first kappa shape index (κ1) is 29.4. The Morgan fingerprint density at radius 1 is 0.806 bits per heavy atom. The van der Waals surface area contributed by atoms with Crippen LogP contribution in [0.15, 0.2) is 24.5 Å². The van der Waals surface area contributed by atoms with Crippen LogP contribution in [0, 0.1) is 0 Å². The van der Waals surface area contributed by atoms with Crippen molar-refractivity contribution < 1.29 is 57.5 Å². The molecule has 31 heavy (non-hydrogen) atoms. The number of halogens is 9. The lowest BCUT2D eigenvalue weighted by atomic mass is 10.1. The third-order valence-corrected chi connectivity index (χ3v) is 4.92. The first-order valence-corrected chi connectivity index (χ1v) is 10.4. The van der Waals surface area contributed by atoms with Crippen LogP contribution in [0.3, 0.4) is 0 Å². The lowest BCUT2D eigenvalue weighted by molar-refractivity contribution is -0.382. The van der Waals surface area contributed by atoms with Gasteiger partial charge in [0.15, 0.2) is 22.5 Å². The second-order valence-electron chi connectivity index (χ2n) is 6.54. The molecule has 1 aromatic heterocycles. The molecule has 0 radical (unpaired) electrons. The van der Waals surface area contributed by atoms with Gasteiger partial charge in [-0.25, -0.2) is 13.4 Å². The molecule has 4 nitrogen and oxygen atoms in total. The maximum absolute atomic E-state index is 12.2. The minimum atomic E-state index is -7.43. The topological polar surface area (TPSA) is 71.3 Å². The van der Waals surface area contributed by atoms with Crippen LogP contribution in [0.1, 0.15) is 51.0 Å². The van der Waals surface area contributed by atoms with E-state index in [-0.39, 0.29) is 0 Å². The minimum absolute atomic E-state index is 1.24. The number of aromatic amines is 1. The third-order valence-electron chi connectivity index (χ3n) is 4.04. The second kappa shape index (κ2) is 11.3.